The summed E-state index contributed by atoms with van der Waals surface area (Å²) in [7, 11) is 0. The van der Waals surface area contributed by atoms with E-state index in [1.165, 1.54) is 0 Å². The zero-order chi connectivity index (χ0) is 13.7. The molecule has 0 aliphatic carbocycles. The number of rotatable bonds is 4. The molecule has 1 amide bonds. The Labute approximate surface area is 114 Å². The van der Waals surface area contributed by atoms with Gasteiger partial charge in [0.15, 0.2) is 0 Å². The number of likely N-dealkylation sites (tertiary alicyclic amines) is 2. The molecule has 0 aromatic heterocycles. The number of hydrogen-bond donors (Lipinski definition) is 0. The number of carbonyl (C=O) groups is 2. The number of nitrogens with zero attached hydrogens (tertiary/aromatic N) is 2. The van der Waals surface area contributed by atoms with Crippen molar-refractivity contribution in [1.82, 2.24) is 9.80 Å². The van der Waals surface area contributed by atoms with E-state index in [0.29, 0.717) is 32.5 Å². The molecule has 0 bridgehead atoms. The third kappa shape index (κ3) is 4.28. The van der Waals surface area contributed by atoms with E-state index in [2.05, 4.69) is 4.90 Å². The zero-order valence-corrected chi connectivity index (χ0v) is 11.8. The minimum atomic E-state index is 0.157. The van der Waals surface area contributed by atoms with Crippen LogP contribution in [0.4, 0.5) is 0 Å². The Morgan fingerprint density at radius 3 is 2.74 bits per heavy atom. The van der Waals surface area contributed by atoms with E-state index in [1.54, 1.807) is 0 Å². The molecule has 5 heteroatoms. The average molecular weight is 268 g/mol. The second kappa shape index (κ2) is 7.01. The maximum atomic E-state index is 12.2. The van der Waals surface area contributed by atoms with E-state index in [-0.39, 0.29) is 17.8 Å². The summed E-state index contributed by atoms with van der Waals surface area (Å²) in [5.74, 6) is 0.433. The molecule has 0 aromatic rings. The van der Waals surface area contributed by atoms with Crippen molar-refractivity contribution < 1.29 is 14.3 Å². The lowest BCUT2D eigenvalue weighted by molar-refractivity contribution is -0.136. The first-order chi connectivity index (χ1) is 9.19. The van der Waals surface area contributed by atoms with Crippen molar-refractivity contribution in [3.63, 3.8) is 0 Å². The number of piperidine rings is 2. The summed E-state index contributed by atoms with van der Waals surface area (Å²) >= 11 is 0. The molecule has 0 aromatic carbocycles. The molecule has 2 aliphatic rings. The van der Waals surface area contributed by atoms with Gasteiger partial charge >= 0.3 is 0 Å². The van der Waals surface area contributed by atoms with Crippen LogP contribution in [-0.2, 0) is 14.3 Å². The topological polar surface area (TPSA) is 49.9 Å². The van der Waals surface area contributed by atoms with Crippen LogP contribution < -0.4 is 0 Å². The minimum Gasteiger partial charge on any atom is -0.377 e. The van der Waals surface area contributed by atoms with Gasteiger partial charge in [0.05, 0.1) is 12.6 Å². The van der Waals surface area contributed by atoms with Gasteiger partial charge in [0.25, 0.3) is 0 Å². The number of hydrogen-bond acceptors (Lipinski definition) is 4. The summed E-state index contributed by atoms with van der Waals surface area (Å²) in [6, 6.07) is 0. The SMILES string of the molecule is CCOC1CCCN(CC(=O)N2CCC(=O)CC2)C1. The number of Topliss-reactive ketones (excluding diaryl/α,β-unsaturated/α-hetero) is 1. The van der Waals surface area contributed by atoms with Crippen LogP contribution in [0.3, 0.4) is 0 Å². The van der Waals surface area contributed by atoms with Gasteiger partial charge in [-0.2, -0.15) is 0 Å². The van der Waals surface area contributed by atoms with Gasteiger partial charge in [-0.05, 0) is 26.3 Å². The fourth-order valence-electron chi connectivity index (χ4n) is 2.83. The maximum absolute atomic E-state index is 12.2. The van der Waals surface area contributed by atoms with Gasteiger partial charge in [0, 0.05) is 39.1 Å². The van der Waals surface area contributed by atoms with E-state index >= 15 is 0 Å². The minimum absolute atomic E-state index is 0.157. The van der Waals surface area contributed by atoms with E-state index in [0.717, 1.165) is 32.5 Å². The molecule has 5 nitrogen and oxygen atoms in total. The molecule has 2 fully saturated rings. The highest BCUT2D eigenvalue weighted by atomic mass is 16.5. The molecule has 19 heavy (non-hydrogen) atoms. The van der Waals surface area contributed by atoms with Crippen LogP contribution in [0.25, 0.3) is 0 Å². The van der Waals surface area contributed by atoms with Crippen LogP contribution in [0.1, 0.15) is 32.6 Å². The van der Waals surface area contributed by atoms with Gasteiger partial charge in [-0.3, -0.25) is 14.5 Å². The van der Waals surface area contributed by atoms with Gasteiger partial charge in [-0.25, -0.2) is 0 Å². The first kappa shape index (κ1) is 14.5. The van der Waals surface area contributed by atoms with Gasteiger partial charge < -0.3 is 9.64 Å². The molecule has 2 saturated heterocycles. The van der Waals surface area contributed by atoms with Crippen LogP contribution in [0.15, 0.2) is 0 Å². The van der Waals surface area contributed by atoms with Crippen molar-refractivity contribution in [2.24, 2.45) is 0 Å². The first-order valence-electron chi connectivity index (χ1n) is 7.32. The Kier molecular flexibility index (Phi) is 5.34. The zero-order valence-electron chi connectivity index (χ0n) is 11.8. The third-order valence-electron chi connectivity index (χ3n) is 3.90. The first-order valence-corrected chi connectivity index (χ1v) is 7.32. The van der Waals surface area contributed by atoms with Gasteiger partial charge in [-0.1, -0.05) is 0 Å². The van der Waals surface area contributed by atoms with Crippen molar-refractivity contribution in [3.8, 4) is 0 Å². The second-order valence-corrected chi connectivity index (χ2v) is 5.37. The molecule has 0 radical (unpaired) electrons. The molecule has 0 spiro atoms. The van der Waals surface area contributed by atoms with Crippen molar-refractivity contribution in [1.29, 1.82) is 0 Å². The molecule has 2 aliphatic heterocycles. The summed E-state index contributed by atoms with van der Waals surface area (Å²) in [6.45, 7) is 6.24. The smallest absolute Gasteiger partial charge is 0.236 e. The highest BCUT2D eigenvalue weighted by Gasteiger charge is 2.25. The van der Waals surface area contributed by atoms with Gasteiger partial charge in [0.1, 0.15) is 5.78 Å². The monoisotopic (exact) mass is 268 g/mol. The largest absolute Gasteiger partial charge is 0.377 e. The number of ether oxygens (including phenoxy) is 1. The molecule has 108 valence electrons. The Balaban J connectivity index is 1.76. The number of carbonyl (C=O) groups excluding carboxylic acids is 2. The van der Waals surface area contributed by atoms with Crippen LogP contribution >= 0.6 is 0 Å². The summed E-state index contributed by atoms with van der Waals surface area (Å²) in [5.41, 5.74) is 0. The Bertz CT molecular complexity index is 321. The molecule has 1 atom stereocenters. The highest BCUT2D eigenvalue weighted by Crippen LogP contribution is 2.14. The van der Waals surface area contributed by atoms with Crippen LogP contribution in [0.2, 0.25) is 0 Å². The highest BCUT2D eigenvalue weighted by molar-refractivity contribution is 5.84. The van der Waals surface area contributed by atoms with E-state index in [1.807, 2.05) is 11.8 Å². The average Bonchev–Trinajstić information content (AvgIpc) is 2.40. The summed E-state index contributed by atoms with van der Waals surface area (Å²) in [6.07, 6.45) is 3.50. The Morgan fingerprint density at radius 2 is 2.05 bits per heavy atom. The summed E-state index contributed by atoms with van der Waals surface area (Å²) < 4.78 is 5.64. The van der Waals surface area contributed by atoms with Crippen LogP contribution in [0, 0.1) is 0 Å². The van der Waals surface area contributed by atoms with Crippen molar-refractivity contribution in [2.45, 2.75) is 38.7 Å². The molecular weight excluding hydrogens is 244 g/mol. The van der Waals surface area contributed by atoms with E-state index in [4.69, 9.17) is 4.74 Å². The Morgan fingerprint density at radius 1 is 1.32 bits per heavy atom. The third-order valence-corrected chi connectivity index (χ3v) is 3.90. The number of amides is 1. The lowest BCUT2D eigenvalue weighted by Gasteiger charge is -2.34. The second-order valence-electron chi connectivity index (χ2n) is 5.37. The molecule has 0 saturated carbocycles. The standard InChI is InChI=1S/C14H24N2O3/c1-2-19-13-4-3-7-15(10-13)11-14(18)16-8-5-12(17)6-9-16/h13H,2-11H2,1H3. The van der Waals surface area contributed by atoms with Crippen molar-refractivity contribution in [3.05, 3.63) is 0 Å². The molecule has 0 N–H and O–H groups in total. The van der Waals surface area contributed by atoms with Crippen LogP contribution in [-0.4, -0.2) is 66.9 Å². The fraction of sp³-hybridized carbons (Fsp3) is 0.857. The number of ketones is 1. The van der Waals surface area contributed by atoms with Gasteiger partial charge in [0.2, 0.25) is 5.91 Å². The van der Waals surface area contributed by atoms with E-state index in [9.17, 15) is 9.59 Å². The predicted octanol–water partition coefficient (Wildman–Crippen LogP) is 0.679. The fourth-order valence-corrected chi connectivity index (χ4v) is 2.83. The normalized spacial score (nSPS) is 25.6. The quantitative estimate of drug-likeness (QED) is 0.752. The van der Waals surface area contributed by atoms with Crippen LogP contribution in [0.5, 0.6) is 0 Å². The molecule has 2 heterocycles. The summed E-state index contributed by atoms with van der Waals surface area (Å²) in [5, 5.41) is 0. The maximum Gasteiger partial charge on any atom is 0.236 e. The lowest BCUT2D eigenvalue weighted by atomic mass is 10.1. The van der Waals surface area contributed by atoms with Gasteiger partial charge in [-0.15, -0.1) is 0 Å². The Hall–Kier alpha value is -0.940. The summed E-state index contributed by atoms with van der Waals surface area (Å²) in [4.78, 5) is 27.3. The molecular formula is C14H24N2O3. The predicted molar refractivity (Wildman–Crippen MR) is 71.9 cm³/mol. The lowest BCUT2D eigenvalue weighted by Crippen LogP contribution is -2.48. The van der Waals surface area contributed by atoms with Crippen molar-refractivity contribution in [2.75, 3.05) is 39.3 Å². The van der Waals surface area contributed by atoms with E-state index < -0.39 is 0 Å². The van der Waals surface area contributed by atoms with Crippen molar-refractivity contribution >= 4 is 11.7 Å². The molecule has 1 unspecified atom stereocenters. The molecule has 2 rings (SSSR count).